The molecule has 0 aromatic heterocycles. The standard InChI is InChI=1S/C8H15O2P3/c1-2-10-8(9)4-7-13-6-3-5-11-12-13/h11-12H,2-6H2,1H3. The molecular weight excluding hydrogens is 221 g/mol. The van der Waals surface area contributed by atoms with Gasteiger partial charge in [-0.15, -0.1) is 5.63 Å². The van der Waals surface area contributed by atoms with Crippen LogP contribution in [0.1, 0.15) is 19.8 Å². The summed E-state index contributed by atoms with van der Waals surface area (Å²) in [5.74, 6) is -0.108. The van der Waals surface area contributed by atoms with Gasteiger partial charge in [-0.05, 0) is 33.6 Å². The van der Waals surface area contributed by atoms with Gasteiger partial charge in [0.05, 0.1) is 6.61 Å². The SMILES string of the molecule is CCOC(=O)CC#P1CCCPP1. The van der Waals surface area contributed by atoms with Crippen LogP contribution in [0.25, 0.3) is 0 Å². The number of hydrogen-bond donors (Lipinski definition) is 0. The first-order valence-electron chi connectivity index (χ1n) is 4.48. The van der Waals surface area contributed by atoms with Crippen molar-refractivity contribution in [3.63, 3.8) is 0 Å². The Morgan fingerprint density at radius 1 is 1.69 bits per heavy atom. The van der Waals surface area contributed by atoms with Gasteiger partial charge in [-0.2, -0.15) is 0 Å². The molecule has 1 heterocycles. The molecule has 0 amide bonds. The van der Waals surface area contributed by atoms with Gasteiger partial charge in [0.25, 0.3) is 0 Å². The zero-order valence-corrected chi connectivity index (χ0v) is 10.7. The minimum absolute atomic E-state index is 0.0257. The van der Waals surface area contributed by atoms with Gasteiger partial charge in [-0.25, -0.2) is 0 Å². The maximum Gasteiger partial charge on any atom is 0.317 e. The summed E-state index contributed by atoms with van der Waals surface area (Å²) in [7, 11) is 2.17. The fourth-order valence-electron chi connectivity index (χ4n) is 1.02. The van der Waals surface area contributed by atoms with Gasteiger partial charge >= 0.3 is 5.97 Å². The molecule has 13 heavy (non-hydrogen) atoms. The van der Waals surface area contributed by atoms with Gasteiger partial charge in [0, 0.05) is 0 Å². The Hall–Kier alpha value is 0.410. The fourth-order valence-corrected chi connectivity index (χ4v) is 10.3. The van der Waals surface area contributed by atoms with Crippen molar-refractivity contribution < 1.29 is 9.53 Å². The first-order valence-corrected chi connectivity index (χ1v) is 10.1. The monoisotopic (exact) mass is 236 g/mol. The fraction of sp³-hybridized carbons (Fsp3) is 0.750. The van der Waals surface area contributed by atoms with Gasteiger partial charge in [0.2, 0.25) is 0 Å². The molecule has 2 nitrogen and oxygen atoms in total. The number of hydrogen-bond acceptors (Lipinski definition) is 2. The lowest BCUT2D eigenvalue weighted by molar-refractivity contribution is -0.141. The largest absolute Gasteiger partial charge is 0.465 e. The van der Waals surface area contributed by atoms with Crippen LogP contribution < -0.4 is 0 Å². The summed E-state index contributed by atoms with van der Waals surface area (Å²) in [4.78, 5) is 11.0. The smallest absolute Gasteiger partial charge is 0.317 e. The van der Waals surface area contributed by atoms with Gasteiger partial charge in [-0.3, -0.25) is 4.79 Å². The highest BCUT2D eigenvalue weighted by atomic mass is 32.4. The first-order chi connectivity index (χ1) is 6.33. The predicted molar refractivity (Wildman–Crippen MR) is 63.0 cm³/mol. The average Bonchev–Trinajstić information content (AvgIpc) is 2.17. The van der Waals surface area contributed by atoms with Crippen molar-refractivity contribution >= 4 is 29.3 Å². The van der Waals surface area contributed by atoms with Crippen molar-refractivity contribution in [2.75, 3.05) is 18.9 Å². The molecule has 1 aliphatic rings. The number of carbonyl (C=O) groups is 1. The number of rotatable bonds is 2. The van der Waals surface area contributed by atoms with E-state index in [0.29, 0.717) is 13.0 Å². The zero-order valence-electron chi connectivity index (χ0n) is 7.80. The van der Waals surface area contributed by atoms with Crippen LogP contribution in [-0.2, 0) is 9.53 Å². The first kappa shape index (κ1) is 11.5. The summed E-state index contributed by atoms with van der Waals surface area (Å²) < 4.78 is 4.85. The summed E-state index contributed by atoms with van der Waals surface area (Å²) >= 11 is 0. The Balaban J connectivity index is 2.31. The van der Waals surface area contributed by atoms with Crippen molar-refractivity contribution in [2.45, 2.75) is 19.8 Å². The van der Waals surface area contributed by atoms with Crippen LogP contribution in [0.3, 0.4) is 0 Å². The molecule has 0 bridgehead atoms. The highest BCUT2D eigenvalue weighted by Gasteiger charge is 2.03. The molecule has 3 atom stereocenters. The van der Waals surface area contributed by atoms with E-state index >= 15 is 0 Å². The molecule has 3 unspecified atom stereocenters. The second kappa shape index (κ2) is 6.80. The molecule has 5 heteroatoms. The lowest BCUT2D eigenvalue weighted by Crippen LogP contribution is -2.01. The molecule has 0 saturated carbocycles. The van der Waals surface area contributed by atoms with E-state index in [1.54, 1.807) is 0 Å². The summed E-state index contributed by atoms with van der Waals surface area (Å²) in [6.45, 7) is 2.33. The maximum atomic E-state index is 11.0. The second-order valence-electron chi connectivity index (χ2n) is 2.68. The highest BCUT2D eigenvalue weighted by molar-refractivity contribution is 8.45. The Morgan fingerprint density at radius 2 is 2.54 bits per heavy atom. The molecule has 0 aliphatic carbocycles. The average molecular weight is 236 g/mol. The molecule has 0 aromatic rings. The normalized spacial score (nSPS) is 23.0. The van der Waals surface area contributed by atoms with Gasteiger partial charge in [0.1, 0.15) is 6.42 Å². The van der Waals surface area contributed by atoms with E-state index in [0.717, 1.165) is 16.2 Å². The van der Waals surface area contributed by atoms with Crippen LogP contribution in [0.5, 0.6) is 0 Å². The number of carbonyl (C=O) groups excluding carboxylic acids is 1. The topological polar surface area (TPSA) is 26.3 Å². The van der Waals surface area contributed by atoms with E-state index in [1.165, 1.54) is 18.7 Å². The second-order valence-corrected chi connectivity index (χ2v) is 10.7. The van der Waals surface area contributed by atoms with E-state index in [-0.39, 0.29) is 13.0 Å². The molecule has 1 saturated heterocycles. The van der Waals surface area contributed by atoms with Crippen molar-refractivity contribution in [3.8, 4) is 5.63 Å². The molecule has 0 spiro atoms. The quantitative estimate of drug-likeness (QED) is 0.544. The van der Waals surface area contributed by atoms with E-state index in [9.17, 15) is 4.79 Å². The highest BCUT2D eigenvalue weighted by Crippen LogP contribution is 2.60. The van der Waals surface area contributed by atoms with Gasteiger partial charge < -0.3 is 4.74 Å². The minimum Gasteiger partial charge on any atom is -0.465 e. The van der Waals surface area contributed by atoms with Gasteiger partial charge in [0.15, 0.2) is 0 Å². The van der Waals surface area contributed by atoms with Crippen LogP contribution in [-0.4, -0.2) is 24.9 Å². The Morgan fingerprint density at radius 3 is 3.15 bits per heavy atom. The van der Waals surface area contributed by atoms with Gasteiger partial charge in [-0.1, -0.05) is 15.3 Å². The summed E-state index contributed by atoms with van der Waals surface area (Å²) in [6.07, 6.45) is 4.45. The Labute approximate surface area is 83.6 Å². The Kier molecular flexibility index (Phi) is 6.01. The number of ether oxygens (including phenoxy) is 1. The summed E-state index contributed by atoms with van der Waals surface area (Å²) in [5, 5.41) is 0. The van der Waals surface area contributed by atoms with E-state index < -0.39 is 0 Å². The van der Waals surface area contributed by atoms with Crippen molar-refractivity contribution in [1.82, 2.24) is 0 Å². The maximum absolute atomic E-state index is 11.0. The lowest BCUT2D eigenvalue weighted by atomic mass is 10.5. The number of esters is 1. The molecule has 0 radical (unpaired) electrons. The summed E-state index contributed by atoms with van der Waals surface area (Å²) in [6, 6.07) is 0. The van der Waals surface area contributed by atoms with E-state index in [2.05, 4.69) is 5.63 Å². The molecule has 1 fully saturated rings. The molecule has 74 valence electrons. The van der Waals surface area contributed by atoms with Crippen molar-refractivity contribution in [3.05, 3.63) is 0 Å². The van der Waals surface area contributed by atoms with E-state index in [4.69, 9.17) is 4.74 Å². The van der Waals surface area contributed by atoms with Crippen molar-refractivity contribution in [2.24, 2.45) is 0 Å². The lowest BCUT2D eigenvalue weighted by Gasteiger charge is -2.10. The third kappa shape index (κ3) is 4.99. The van der Waals surface area contributed by atoms with Crippen LogP contribution in [0.2, 0.25) is 0 Å². The third-order valence-electron chi connectivity index (χ3n) is 1.62. The molecule has 1 rings (SSSR count). The minimum atomic E-state index is -0.108. The molecule has 0 N–H and O–H groups in total. The van der Waals surface area contributed by atoms with Crippen LogP contribution >= 0.6 is 23.3 Å². The third-order valence-corrected chi connectivity index (χ3v) is 11.0. The molecule has 0 aromatic carbocycles. The van der Waals surface area contributed by atoms with Crippen LogP contribution in [0, 0.1) is 5.63 Å². The van der Waals surface area contributed by atoms with E-state index in [1.807, 2.05) is 6.92 Å². The summed E-state index contributed by atoms with van der Waals surface area (Å²) in [5.41, 5.74) is 3.32. The zero-order chi connectivity index (χ0) is 9.52. The van der Waals surface area contributed by atoms with Crippen LogP contribution in [0.4, 0.5) is 0 Å². The molecule has 1 aliphatic heterocycles. The van der Waals surface area contributed by atoms with Crippen LogP contribution in [0.15, 0.2) is 0 Å². The van der Waals surface area contributed by atoms with Crippen molar-refractivity contribution in [1.29, 1.82) is 0 Å². The Bertz CT molecular complexity index is 241. The predicted octanol–water partition coefficient (Wildman–Crippen LogP) is 2.97. The molecular formula is C8H15O2P3.